The molecule has 0 saturated heterocycles. The van der Waals surface area contributed by atoms with Crippen molar-refractivity contribution in [3.05, 3.63) is 131 Å². The molecule has 1 N–H and O–H groups in total. The van der Waals surface area contributed by atoms with Gasteiger partial charge in [-0.3, -0.25) is 5.43 Å². The van der Waals surface area contributed by atoms with Crippen LogP contribution in [0.5, 0.6) is 0 Å². The maximum atomic E-state index is 6.48. The van der Waals surface area contributed by atoms with Crippen molar-refractivity contribution in [1.82, 2.24) is 5.43 Å². The maximum absolute atomic E-state index is 6.48. The van der Waals surface area contributed by atoms with Crippen LogP contribution in [-0.4, -0.2) is 5.71 Å². The zero-order valence-electron chi connectivity index (χ0n) is 16.7. The summed E-state index contributed by atoms with van der Waals surface area (Å²) in [4.78, 5) is 0. The van der Waals surface area contributed by atoms with Crippen molar-refractivity contribution in [1.29, 1.82) is 0 Å². The fraction of sp³-hybridized carbons (Fsp3) is 0. The number of allylic oxidation sites excluding steroid dienone is 1. The third-order valence-electron chi connectivity index (χ3n) is 5.17. The molecule has 0 bridgehead atoms. The summed E-state index contributed by atoms with van der Waals surface area (Å²) >= 11 is 6.48. The summed E-state index contributed by atoms with van der Waals surface area (Å²) in [5, 5.41) is 7.31. The molecule has 0 unspecified atom stereocenters. The highest BCUT2D eigenvalue weighted by Crippen LogP contribution is 2.27. The second-order valence-corrected chi connectivity index (χ2v) is 7.63. The summed E-state index contributed by atoms with van der Waals surface area (Å²) in [6, 6.07) is 36.7. The normalized spacial score (nSPS) is 13.3. The van der Waals surface area contributed by atoms with Gasteiger partial charge in [-0.25, -0.2) is 0 Å². The molecule has 0 radical (unpaired) electrons. The number of benzene rings is 4. The molecule has 4 aromatic carbocycles. The molecule has 3 nitrogen and oxygen atoms in total. The Hall–Kier alpha value is -3.82. The molecule has 0 aromatic heterocycles. The number of hydrazine groups is 1. The number of halogens is 1. The molecule has 0 spiro atoms. The largest absolute Gasteiger partial charge is 0.277 e. The fourth-order valence-corrected chi connectivity index (χ4v) is 3.79. The second kappa shape index (κ2) is 8.50. The third-order valence-corrected chi connectivity index (χ3v) is 5.50. The van der Waals surface area contributed by atoms with E-state index in [9.17, 15) is 0 Å². The van der Waals surface area contributed by atoms with Gasteiger partial charge >= 0.3 is 0 Å². The quantitative estimate of drug-likeness (QED) is 0.393. The van der Waals surface area contributed by atoms with Crippen molar-refractivity contribution in [2.45, 2.75) is 0 Å². The molecule has 4 aromatic rings. The monoisotopic (exact) mass is 421 g/mol. The molecular formula is C27H20ClN3. The maximum Gasteiger partial charge on any atom is 0.0964 e. The molecule has 0 fully saturated rings. The predicted octanol–water partition coefficient (Wildman–Crippen LogP) is 6.78. The van der Waals surface area contributed by atoms with Gasteiger partial charge in [0.2, 0.25) is 0 Å². The Morgan fingerprint density at radius 1 is 0.613 bits per heavy atom. The minimum atomic E-state index is 0.672. The average molecular weight is 422 g/mol. The van der Waals surface area contributed by atoms with Crippen molar-refractivity contribution >= 4 is 28.7 Å². The highest BCUT2D eigenvalue weighted by molar-refractivity contribution is 6.35. The lowest BCUT2D eigenvalue weighted by Gasteiger charge is -2.28. The number of anilines is 1. The zero-order valence-corrected chi connectivity index (χ0v) is 17.5. The summed E-state index contributed by atoms with van der Waals surface area (Å²) < 4.78 is 0. The van der Waals surface area contributed by atoms with Gasteiger partial charge in [-0.05, 0) is 41.0 Å². The highest BCUT2D eigenvalue weighted by Gasteiger charge is 2.18. The molecule has 150 valence electrons. The standard InChI is InChI=1S/C27H20ClN3/c28-25-14-8-7-13-24(25)27-19-26(22-11-5-2-6-12-22)29-31(30-27)23-17-15-21(16-18-23)20-9-3-1-4-10-20/h1-19,29H. The van der Waals surface area contributed by atoms with Crippen LogP contribution in [0.4, 0.5) is 5.69 Å². The summed E-state index contributed by atoms with van der Waals surface area (Å²) in [5.74, 6) is 0. The smallest absolute Gasteiger partial charge is 0.0964 e. The van der Waals surface area contributed by atoms with Gasteiger partial charge in [-0.15, -0.1) is 0 Å². The molecule has 4 heteroatoms. The Labute approximate surface area is 186 Å². The lowest BCUT2D eigenvalue weighted by molar-refractivity contribution is 0.787. The van der Waals surface area contributed by atoms with Crippen LogP contribution in [0.1, 0.15) is 11.1 Å². The minimum Gasteiger partial charge on any atom is -0.277 e. The first-order chi connectivity index (χ1) is 15.3. The van der Waals surface area contributed by atoms with Crippen LogP contribution in [0.15, 0.2) is 120 Å². The lowest BCUT2D eigenvalue weighted by atomic mass is 10.0. The van der Waals surface area contributed by atoms with Crippen LogP contribution in [0, 0.1) is 0 Å². The lowest BCUT2D eigenvalue weighted by Crippen LogP contribution is -2.36. The molecule has 0 atom stereocenters. The van der Waals surface area contributed by atoms with E-state index in [1.165, 1.54) is 5.56 Å². The molecule has 0 saturated carbocycles. The third kappa shape index (κ3) is 4.09. The Morgan fingerprint density at radius 3 is 1.87 bits per heavy atom. The summed E-state index contributed by atoms with van der Waals surface area (Å²) in [6.07, 6.45) is 2.03. The van der Waals surface area contributed by atoms with Gasteiger partial charge in [0.05, 0.1) is 22.1 Å². The number of hydrazone groups is 1. The van der Waals surface area contributed by atoms with E-state index in [2.05, 4.69) is 54.0 Å². The predicted molar refractivity (Wildman–Crippen MR) is 130 cm³/mol. The highest BCUT2D eigenvalue weighted by atomic mass is 35.5. The first-order valence-corrected chi connectivity index (χ1v) is 10.5. The second-order valence-electron chi connectivity index (χ2n) is 7.23. The van der Waals surface area contributed by atoms with Crippen LogP contribution < -0.4 is 10.5 Å². The number of nitrogens with zero attached hydrogens (tertiary/aromatic N) is 2. The molecular weight excluding hydrogens is 402 g/mol. The van der Waals surface area contributed by atoms with E-state index in [1.807, 2.05) is 66.7 Å². The molecule has 1 heterocycles. The van der Waals surface area contributed by atoms with Crippen LogP contribution in [0.3, 0.4) is 0 Å². The Morgan fingerprint density at radius 2 is 1.19 bits per heavy atom. The van der Waals surface area contributed by atoms with Crippen molar-refractivity contribution in [2.75, 3.05) is 5.12 Å². The SMILES string of the molecule is Clc1ccccc1C1=NN(c2ccc(-c3ccccc3)cc2)NC(c2ccccc2)=C1. The van der Waals surface area contributed by atoms with Gasteiger partial charge in [-0.2, -0.15) is 10.2 Å². The van der Waals surface area contributed by atoms with Gasteiger partial charge in [0, 0.05) is 5.56 Å². The van der Waals surface area contributed by atoms with Gasteiger partial charge in [-0.1, -0.05) is 103 Å². The molecule has 5 rings (SSSR count). The average Bonchev–Trinajstić information content (AvgIpc) is 2.85. The van der Waals surface area contributed by atoms with Gasteiger partial charge in [0.25, 0.3) is 0 Å². The fourth-order valence-electron chi connectivity index (χ4n) is 3.56. The van der Waals surface area contributed by atoms with Gasteiger partial charge in [0.1, 0.15) is 0 Å². The Bertz CT molecular complexity index is 1250. The zero-order chi connectivity index (χ0) is 21.0. The van der Waals surface area contributed by atoms with Crippen LogP contribution in [0.2, 0.25) is 5.02 Å². The van der Waals surface area contributed by atoms with E-state index in [1.54, 1.807) is 5.12 Å². The van der Waals surface area contributed by atoms with E-state index in [4.69, 9.17) is 16.7 Å². The molecule has 0 aliphatic carbocycles. The summed E-state index contributed by atoms with van der Waals surface area (Å²) in [7, 11) is 0. The molecule has 1 aliphatic heterocycles. The summed E-state index contributed by atoms with van der Waals surface area (Å²) in [5.41, 5.74) is 10.4. The number of rotatable bonds is 4. The number of nitrogens with one attached hydrogen (secondary N) is 1. The van der Waals surface area contributed by atoms with E-state index < -0.39 is 0 Å². The Balaban J connectivity index is 1.54. The van der Waals surface area contributed by atoms with Crippen LogP contribution in [0.25, 0.3) is 16.8 Å². The van der Waals surface area contributed by atoms with Gasteiger partial charge in [0.15, 0.2) is 0 Å². The van der Waals surface area contributed by atoms with E-state index in [0.717, 1.165) is 33.8 Å². The topological polar surface area (TPSA) is 27.6 Å². The number of hydrogen-bond acceptors (Lipinski definition) is 3. The van der Waals surface area contributed by atoms with Crippen LogP contribution >= 0.6 is 11.6 Å². The Kier molecular flexibility index (Phi) is 5.26. The van der Waals surface area contributed by atoms with Gasteiger partial charge < -0.3 is 0 Å². The van der Waals surface area contributed by atoms with Crippen LogP contribution in [-0.2, 0) is 0 Å². The number of hydrogen-bond donors (Lipinski definition) is 1. The molecule has 31 heavy (non-hydrogen) atoms. The molecule has 1 aliphatic rings. The van der Waals surface area contributed by atoms with Crippen molar-refractivity contribution < 1.29 is 0 Å². The first-order valence-electron chi connectivity index (χ1n) is 10.1. The van der Waals surface area contributed by atoms with Crippen molar-refractivity contribution in [3.63, 3.8) is 0 Å². The molecule has 0 amide bonds. The first kappa shape index (κ1) is 19.2. The van der Waals surface area contributed by atoms with E-state index in [-0.39, 0.29) is 0 Å². The van der Waals surface area contributed by atoms with Crippen molar-refractivity contribution in [2.24, 2.45) is 5.10 Å². The summed E-state index contributed by atoms with van der Waals surface area (Å²) in [6.45, 7) is 0. The van der Waals surface area contributed by atoms with E-state index >= 15 is 0 Å². The van der Waals surface area contributed by atoms with E-state index in [0.29, 0.717) is 5.02 Å². The van der Waals surface area contributed by atoms with Crippen molar-refractivity contribution in [3.8, 4) is 11.1 Å². The minimum absolute atomic E-state index is 0.672.